The number of methoxy groups -OCH3 is 2. The van der Waals surface area contributed by atoms with Gasteiger partial charge in [-0.05, 0) is 44.0 Å². The first kappa shape index (κ1) is 26.8. The predicted molar refractivity (Wildman–Crippen MR) is 126 cm³/mol. The molecule has 0 aliphatic carbocycles. The number of esters is 1. The molecule has 0 spiro atoms. The van der Waals surface area contributed by atoms with Gasteiger partial charge in [-0.25, -0.2) is 0 Å². The van der Waals surface area contributed by atoms with Crippen LogP contribution in [0.4, 0.5) is 0 Å². The van der Waals surface area contributed by atoms with Crippen molar-refractivity contribution in [3.05, 3.63) is 58.1 Å². The number of hydrogen-bond donors (Lipinski definition) is 0. The fourth-order valence-corrected chi connectivity index (χ4v) is 2.70. The molecule has 0 aliphatic heterocycles. The number of allylic oxidation sites excluding steroid dienone is 3. The molecule has 2 atom stereocenters. The maximum absolute atomic E-state index is 11.3. The maximum Gasteiger partial charge on any atom is 0.305 e. The van der Waals surface area contributed by atoms with E-state index in [4.69, 9.17) is 37.4 Å². The lowest BCUT2D eigenvalue weighted by Crippen LogP contribution is -2.10. The summed E-state index contributed by atoms with van der Waals surface area (Å²) in [5.74, 6) is 11.9. The minimum atomic E-state index is -0.216. The number of rotatable bonds is 10. The lowest BCUT2D eigenvalue weighted by atomic mass is 10.1. The lowest BCUT2D eigenvalue weighted by Gasteiger charge is -2.07. The Bertz CT molecular complexity index is 869. The highest BCUT2D eigenvalue weighted by Gasteiger charge is 2.06. The Morgan fingerprint density at radius 3 is 2.65 bits per heavy atom. The summed E-state index contributed by atoms with van der Waals surface area (Å²) in [6.45, 7) is 2.19. The van der Waals surface area contributed by atoms with Gasteiger partial charge in [-0.3, -0.25) is 4.79 Å². The van der Waals surface area contributed by atoms with Crippen molar-refractivity contribution < 1.29 is 19.0 Å². The van der Waals surface area contributed by atoms with Crippen LogP contribution < -0.4 is 0 Å². The molecule has 0 fully saturated rings. The second-order valence-corrected chi connectivity index (χ2v) is 7.18. The van der Waals surface area contributed by atoms with Crippen molar-refractivity contribution in [3.8, 4) is 23.7 Å². The third kappa shape index (κ3) is 12.3. The highest BCUT2D eigenvalue weighted by Crippen LogP contribution is 2.22. The van der Waals surface area contributed by atoms with Crippen molar-refractivity contribution >= 4 is 29.2 Å². The van der Waals surface area contributed by atoms with Crippen molar-refractivity contribution in [3.63, 3.8) is 0 Å². The van der Waals surface area contributed by atoms with Crippen LogP contribution >= 0.6 is 23.2 Å². The van der Waals surface area contributed by atoms with Gasteiger partial charge in [0.2, 0.25) is 0 Å². The van der Waals surface area contributed by atoms with Gasteiger partial charge in [-0.1, -0.05) is 65.1 Å². The van der Waals surface area contributed by atoms with E-state index in [0.717, 1.165) is 5.56 Å². The number of carbonyl (C=O) groups is 1. The van der Waals surface area contributed by atoms with Gasteiger partial charge >= 0.3 is 5.97 Å². The van der Waals surface area contributed by atoms with Crippen LogP contribution in [0.2, 0.25) is 10.0 Å². The van der Waals surface area contributed by atoms with E-state index in [9.17, 15) is 4.79 Å². The molecule has 166 valence electrons. The van der Waals surface area contributed by atoms with Gasteiger partial charge < -0.3 is 14.2 Å². The molecular formula is C25H28Cl2O4. The topological polar surface area (TPSA) is 44.8 Å². The molecule has 4 nitrogen and oxygen atoms in total. The van der Waals surface area contributed by atoms with Gasteiger partial charge in [0.15, 0.2) is 0 Å². The Hall–Kier alpha value is -2.21. The van der Waals surface area contributed by atoms with Crippen LogP contribution in [0.3, 0.4) is 0 Å². The molecule has 6 heteroatoms. The van der Waals surface area contributed by atoms with Gasteiger partial charge in [0.05, 0.1) is 22.8 Å². The zero-order valence-electron chi connectivity index (χ0n) is 18.1. The van der Waals surface area contributed by atoms with E-state index in [0.29, 0.717) is 42.3 Å². The summed E-state index contributed by atoms with van der Waals surface area (Å²) in [5, 5.41) is 0.992. The largest absolute Gasteiger partial charge is 0.466 e. The van der Waals surface area contributed by atoms with Crippen molar-refractivity contribution in [1.29, 1.82) is 0 Å². The Labute approximate surface area is 195 Å². The summed E-state index contributed by atoms with van der Waals surface area (Å²) in [5.41, 5.74) is 0.804. The van der Waals surface area contributed by atoms with Crippen LogP contribution in [0.25, 0.3) is 0 Å². The molecule has 1 aromatic rings. The third-order valence-corrected chi connectivity index (χ3v) is 4.80. The Morgan fingerprint density at radius 1 is 1.16 bits per heavy atom. The molecular weight excluding hydrogens is 435 g/mol. The van der Waals surface area contributed by atoms with Gasteiger partial charge in [0, 0.05) is 32.6 Å². The number of ether oxygens (including phenoxy) is 3. The van der Waals surface area contributed by atoms with Crippen LogP contribution in [0.15, 0.2) is 42.5 Å². The summed E-state index contributed by atoms with van der Waals surface area (Å²) in [6, 6.07) is 5.28. The van der Waals surface area contributed by atoms with E-state index in [1.165, 1.54) is 0 Å². The quantitative estimate of drug-likeness (QED) is 0.257. The monoisotopic (exact) mass is 462 g/mol. The van der Waals surface area contributed by atoms with E-state index >= 15 is 0 Å². The summed E-state index contributed by atoms with van der Waals surface area (Å²) in [6.07, 6.45) is 9.26. The van der Waals surface area contributed by atoms with Crippen molar-refractivity contribution in [2.24, 2.45) is 0 Å². The molecule has 31 heavy (non-hydrogen) atoms. The van der Waals surface area contributed by atoms with E-state index in [-0.39, 0.29) is 18.2 Å². The third-order valence-electron chi connectivity index (χ3n) is 4.06. The second kappa shape index (κ2) is 16.5. The van der Waals surface area contributed by atoms with Gasteiger partial charge in [0.25, 0.3) is 0 Å². The standard InChI is InChI=1S/C25H28Cl2O4/c1-4-31-25(28)16-10-15-22(30-3)13-8-6-5-7-12-21(29-2)14-9-11-20-17-18-23(26)24(27)19-20/h5-7,12,17-19,21-22H,4,10,14-16H2,1-3H3/b6-5+,12-7+/t21-,22+/m0/s1. The Balaban J connectivity index is 2.46. The zero-order valence-corrected chi connectivity index (χ0v) is 19.6. The SMILES string of the molecule is CCOC(=O)CCC[C@@H](C#C/C=C/C=C/[C@@H](CC#Cc1ccc(Cl)c(Cl)c1)OC)OC. The molecule has 0 bridgehead atoms. The first-order valence-electron chi connectivity index (χ1n) is 9.99. The number of carbonyl (C=O) groups excluding carboxylic acids is 1. The van der Waals surface area contributed by atoms with Crippen LogP contribution in [-0.2, 0) is 19.0 Å². The summed E-state index contributed by atoms with van der Waals surface area (Å²) < 4.78 is 15.6. The molecule has 0 unspecified atom stereocenters. The number of benzene rings is 1. The van der Waals surface area contributed by atoms with Gasteiger partial charge in [0.1, 0.15) is 6.10 Å². The van der Waals surface area contributed by atoms with Crippen molar-refractivity contribution in [2.45, 2.75) is 44.8 Å². The first-order chi connectivity index (χ1) is 15.0. The van der Waals surface area contributed by atoms with Crippen LogP contribution in [0, 0.1) is 23.7 Å². The highest BCUT2D eigenvalue weighted by molar-refractivity contribution is 6.42. The average Bonchev–Trinajstić information content (AvgIpc) is 2.76. The number of halogens is 2. The molecule has 0 saturated heterocycles. The molecule has 0 heterocycles. The molecule has 0 saturated carbocycles. The lowest BCUT2D eigenvalue weighted by molar-refractivity contribution is -0.143. The fourth-order valence-electron chi connectivity index (χ4n) is 2.40. The smallest absolute Gasteiger partial charge is 0.305 e. The van der Waals surface area contributed by atoms with E-state index in [1.807, 2.05) is 24.3 Å². The molecule has 0 aromatic heterocycles. The maximum atomic E-state index is 11.3. The Kier molecular flexibility index (Phi) is 14.3. The zero-order chi connectivity index (χ0) is 22.9. The Morgan fingerprint density at radius 2 is 1.97 bits per heavy atom. The van der Waals surface area contributed by atoms with Crippen LogP contribution in [0.1, 0.15) is 38.2 Å². The molecule has 1 rings (SSSR count). The summed E-state index contributed by atoms with van der Waals surface area (Å²) >= 11 is 11.9. The normalized spacial score (nSPS) is 12.7. The molecule has 0 aliphatic rings. The van der Waals surface area contributed by atoms with Crippen molar-refractivity contribution in [2.75, 3.05) is 20.8 Å². The molecule has 0 radical (unpaired) electrons. The van der Waals surface area contributed by atoms with Gasteiger partial charge in [-0.2, -0.15) is 0 Å². The minimum absolute atomic E-state index is 0.137. The highest BCUT2D eigenvalue weighted by atomic mass is 35.5. The average molecular weight is 463 g/mol. The molecule has 1 aromatic carbocycles. The van der Waals surface area contributed by atoms with Crippen LogP contribution in [0.5, 0.6) is 0 Å². The molecule has 0 amide bonds. The predicted octanol–water partition coefficient (Wildman–Crippen LogP) is 5.61. The fraction of sp³-hybridized carbons (Fsp3) is 0.400. The van der Waals surface area contributed by atoms with E-state index < -0.39 is 0 Å². The first-order valence-corrected chi connectivity index (χ1v) is 10.7. The van der Waals surface area contributed by atoms with E-state index in [1.54, 1.807) is 39.4 Å². The summed E-state index contributed by atoms with van der Waals surface area (Å²) in [4.78, 5) is 11.3. The van der Waals surface area contributed by atoms with Gasteiger partial charge in [-0.15, -0.1) is 0 Å². The molecule has 0 N–H and O–H groups in total. The summed E-state index contributed by atoms with van der Waals surface area (Å²) in [7, 11) is 3.24. The minimum Gasteiger partial charge on any atom is -0.466 e. The van der Waals surface area contributed by atoms with E-state index in [2.05, 4.69) is 23.7 Å². The van der Waals surface area contributed by atoms with Crippen molar-refractivity contribution in [1.82, 2.24) is 0 Å². The van der Waals surface area contributed by atoms with Crippen LogP contribution in [-0.4, -0.2) is 39.0 Å². The second-order valence-electron chi connectivity index (χ2n) is 6.36. The number of hydrogen-bond acceptors (Lipinski definition) is 4.